The van der Waals surface area contributed by atoms with Gasteiger partial charge >= 0.3 is 35.5 Å². The van der Waals surface area contributed by atoms with Crippen LogP contribution in [-0.4, -0.2) is 28.1 Å². The van der Waals surface area contributed by atoms with Gasteiger partial charge in [-0.3, -0.25) is 9.69 Å². The Labute approximate surface area is 152 Å². The van der Waals surface area contributed by atoms with Crippen LogP contribution in [0.2, 0.25) is 0 Å². The Bertz CT molecular complexity index is 658. The van der Waals surface area contributed by atoms with Crippen LogP contribution < -0.4 is 34.7 Å². The molecule has 1 aromatic carbocycles. The minimum atomic E-state index is -1.26. The number of carboxylic acid groups (broad SMARTS) is 1. The number of thioether (sulfide) groups is 1. The molecule has 1 atom stereocenters. The van der Waals surface area contributed by atoms with Crippen molar-refractivity contribution >= 4 is 29.6 Å². The van der Waals surface area contributed by atoms with Crippen LogP contribution in [0.25, 0.3) is 0 Å². The molecule has 0 aromatic heterocycles. The number of amides is 1. The summed E-state index contributed by atoms with van der Waals surface area (Å²) in [5.41, 5.74) is 0.993. The molecule has 0 aliphatic carbocycles. The van der Waals surface area contributed by atoms with Crippen LogP contribution >= 0.6 is 11.8 Å². The molecule has 2 heterocycles. The van der Waals surface area contributed by atoms with E-state index in [1.165, 1.54) is 28.8 Å². The zero-order valence-corrected chi connectivity index (χ0v) is 14.6. The standard InChI is InChI=1S/C14H11NO5S.Na/c16-11-5-12-15(11)10(7-21-12)14(19)20-6-8-1-3-9(4-2-8)13(17)18;/h1-4,7,12H,5-6H2,(H,17,18);/q;+1/p-1/t12-;/m0./s1. The quantitative estimate of drug-likeness (QED) is 0.338. The summed E-state index contributed by atoms with van der Waals surface area (Å²) in [6.45, 7) is 0.0147. The van der Waals surface area contributed by atoms with Crippen LogP contribution in [0.15, 0.2) is 35.4 Å². The van der Waals surface area contributed by atoms with Crippen LogP contribution in [0.4, 0.5) is 0 Å². The average molecular weight is 327 g/mol. The molecule has 1 fully saturated rings. The van der Waals surface area contributed by atoms with E-state index in [4.69, 9.17) is 4.74 Å². The van der Waals surface area contributed by atoms with Crippen molar-refractivity contribution < 1.29 is 53.8 Å². The number of nitrogens with zero attached hydrogens (tertiary/aromatic N) is 1. The summed E-state index contributed by atoms with van der Waals surface area (Å²) in [5.74, 6) is -1.89. The van der Waals surface area contributed by atoms with Crippen LogP contribution in [0, 0.1) is 0 Å². The summed E-state index contributed by atoms with van der Waals surface area (Å²) >= 11 is 1.43. The first-order chi connectivity index (χ1) is 10.1. The fraction of sp³-hybridized carbons (Fsp3) is 0.214. The van der Waals surface area contributed by atoms with E-state index in [-0.39, 0.29) is 58.7 Å². The molecule has 0 radical (unpaired) electrons. The maximum atomic E-state index is 11.9. The Hall–Kier alpha value is -1.28. The SMILES string of the molecule is O=C(OCc1ccc(C(=O)[O-])cc1)C1=CS[C@H]2CC(=O)N12.[Na+]. The van der Waals surface area contributed by atoms with Gasteiger partial charge in [0.25, 0.3) is 0 Å². The number of aromatic carboxylic acids is 1. The number of hydrogen-bond acceptors (Lipinski definition) is 6. The average Bonchev–Trinajstić information content (AvgIpc) is 2.82. The van der Waals surface area contributed by atoms with E-state index in [1.807, 2.05) is 0 Å². The molecule has 2 aliphatic heterocycles. The molecular weight excluding hydrogens is 317 g/mol. The summed E-state index contributed by atoms with van der Waals surface area (Å²) in [5, 5.41) is 12.3. The molecule has 0 N–H and O–H groups in total. The monoisotopic (exact) mass is 327 g/mol. The van der Waals surface area contributed by atoms with Gasteiger partial charge in [-0.15, -0.1) is 11.8 Å². The second-order valence-electron chi connectivity index (χ2n) is 4.62. The summed E-state index contributed by atoms with van der Waals surface area (Å²) in [6.07, 6.45) is 0.447. The number of ether oxygens (including phenoxy) is 1. The van der Waals surface area contributed by atoms with Gasteiger partial charge in [-0.2, -0.15) is 0 Å². The number of carbonyl (C=O) groups excluding carboxylic acids is 3. The van der Waals surface area contributed by atoms with Crippen LogP contribution in [0.3, 0.4) is 0 Å². The molecule has 1 saturated heterocycles. The maximum absolute atomic E-state index is 11.9. The van der Waals surface area contributed by atoms with Gasteiger partial charge in [-0.05, 0) is 11.1 Å². The van der Waals surface area contributed by atoms with Gasteiger partial charge < -0.3 is 14.6 Å². The van der Waals surface area contributed by atoms with E-state index in [0.717, 1.165) is 0 Å². The first-order valence-electron chi connectivity index (χ1n) is 6.21. The maximum Gasteiger partial charge on any atom is 1.00 e. The minimum Gasteiger partial charge on any atom is -0.545 e. The molecule has 2 aliphatic rings. The fourth-order valence-corrected chi connectivity index (χ4v) is 3.18. The summed E-state index contributed by atoms with van der Waals surface area (Å²) in [6, 6.07) is 5.87. The second-order valence-corrected chi connectivity index (χ2v) is 5.67. The molecule has 108 valence electrons. The van der Waals surface area contributed by atoms with Crippen molar-refractivity contribution in [3.8, 4) is 0 Å². The fourth-order valence-electron chi connectivity index (χ4n) is 2.09. The topological polar surface area (TPSA) is 86.7 Å². The van der Waals surface area contributed by atoms with Crippen molar-refractivity contribution in [3.63, 3.8) is 0 Å². The normalized spacial score (nSPS) is 18.7. The largest absolute Gasteiger partial charge is 1.00 e. The van der Waals surface area contributed by atoms with Crippen molar-refractivity contribution in [2.24, 2.45) is 0 Å². The van der Waals surface area contributed by atoms with Gasteiger partial charge in [0.15, 0.2) is 0 Å². The summed E-state index contributed by atoms with van der Waals surface area (Å²) < 4.78 is 5.14. The molecule has 1 aromatic rings. The number of esters is 1. The van der Waals surface area contributed by atoms with Gasteiger partial charge in [0.05, 0.1) is 17.8 Å². The number of carboxylic acids is 1. The number of β-lactam (4-membered cyclic amide) rings is 1. The first kappa shape index (κ1) is 17.1. The van der Waals surface area contributed by atoms with Crippen molar-refractivity contribution in [1.82, 2.24) is 4.90 Å². The molecule has 8 heteroatoms. The Morgan fingerprint density at radius 2 is 2.00 bits per heavy atom. The number of fused-ring (bicyclic) bond motifs is 1. The van der Waals surface area contributed by atoms with Gasteiger partial charge in [-0.25, -0.2) is 4.79 Å². The molecule has 0 bridgehead atoms. The summed E-state index contributed by atoms with van der Waals surface area (Å²) in [4.78, 5) is 35.4. The number of rotatable bonds is 4. The second kappa shape index (κ2) is 6.87. The van der Waals surface area contributed by atoms with Crippen LogP contribution in [0.5, 0.6) is 0 Å². The minimum absolute atomic E-state index is 0. The molecule has 1 amide bonds. The number of benzene rings is 1. The first-order valence-corrected chi connectivity index (χ1v) is 7.15. The van der Waals surface area contributed by atoms with E-state index < -0.39 is 11.9 Å². The predicted molar refractivity (Wildman–Crippen MR) is 71.5 cm³/mol. The van der Waals surface area contributed by atoms with Crippen LogP contribution in [0.1, 0.15) is 22.3 Å². The van der Waals surface area contributed by atoms with Crippen LogP contribution in [-0.2, 0) is 20.9 Å². The predicted octanol–water partition coefficient (Wildman–Crippen LogP) is -2.76. The Morgan fingerprint density at radius 3 is 2.59 bits per heavy atom. The third-order valence-electron chi connectivity index (χ3n) is 3.27. The van der Waals surface area contributed by atoms with Gasteiger partial charge in [0.2, 0.25) is 5.91 Å². The number of carbonyl (C=O) groups is 3. The zero-order chi connectivity index (χ0) is 15.0. The molecular formula is C14H10NNaO5S. The van der Waals surface area contributed by atoms with Gasteiger partial charge in [0.1, 0.15) is 12.3 Å². The van der Waals surface area contributed by atoms with Crippen molar-refractivity contribution in [2.45, 2.75) is 18.4 Å². The molecule has 22 heavy (non-hydrogen) atoms. The van der Waals surface area contributed by atoms with Gasteiger partial charge in [-0.1, -0.05) is 24.3 Å². The molecule has 6 nitrogen and oxygen atoms in total. The Kier molecular flexibility index (Phi) is 5.33. The molecule has 0 unspecified atom stereocenters. The van der Waals surface area contributed by atoms with E-state index in [2.05, 4.69) is 0 Å². The number of hydrogen-bond donors (Lipinski definition) is 0. The zero-order valence-electron chi connectivity index (χ0n) is 11.8. The van der Waals surface area contributed by atoms with Crippen molar-refractivity contribution in [1.29, 1.82) is 0 Å². The molecule has 3 rings (SSSR count). The van der Waals surface area contributed by atoms with E-state index >= 15 is 0 Å². The van der Waals surface area contributed by atoms with E-state index in [0.29, 0.717) is 12.0 Å². The Morgan fingerprint density at radius 1 is 1.32 bits per heavy atom. The third kappa shape index (κ3) is 3.22. The summed E-state index contributed by atoms with van der Waals surface area (Å²) in [7, 11) is 0. The van der Waals surface area contributed by atoms with Crippen molar-refractivity contribution in [2.75, 3.05) is 0 Å². The van der Waals surface area contributed by atoms with Crippen molar-refractivity contribution in [3.05, 3.63) is 46.5 Å². The van der Waals surface area contributed by atoms with E-state index in [1.54, 1.807) is 17.5 Å². The van der Waals surface area contributed by atoms with Gasteiger partial charge in [0, 0.05) is 5.41 Å². The smallest absolute Gasteiger partial charge is 0.545 e. The molecule has 0 spiro atoms. The Balaban J connectivity index is 0.00000176. The third-order valence-corrected chi connectivity index (χ3v) is 4.32. The molecule has 0 saturated carbocycles. The van der Waals surface area contributed by atoms with E-state index in [9.17, 15) is 19.5 Å².